The Labute approximate surface area is 109 Å². The molecule has 0 atom stereocenters. The van der Waals surface area contributed by atoms with Crippen LogP contribution in [0.5, 0.6) is 0 Å². The van der Waals surface area contributed by atoms with E-state index in [1.165, 1.54) is 19.3 Å². The van der Waals surface area contributed by atoms with Crippen LogP contribution in [-0.2, 0) is 4.79 Å². The van der Waals surface area contributed by atoms with E-state index in [2.05, 4.69) is 0 Å². The van der Waals surface area contributed by atoms with Crippen LogP contribution < -0.4 is 0 Å². The number of nitrogens with zero attached hydrogens (tertiary/aromatic N) is 2. The smallest absolute Gasteiger partial charge is 0.319 e. The molecule has 0 aromatic rings. The number of urea groups is 1. The molecule has 1 aliphatic carbocycles. The van der Waals surface area contributed by atoms with Gasteiger partial charge in [0.1, 0.15) is 0 Å². The van der Waals surface area contributed by atoms with Gasteiger partial charge in [-0.25, -0.2) is 4.79 Å². The van der Waals surface area contributed by atoms with E-state index in [1.54, 1.807) is 16.8 Å². The SMILES string of the molecule is CC(C)N(CCC(=O)O)C(=O)N(C)CC1CCC1. The number of carbonyl (C=O) groups excluding carboxylic acids is 1. The van der Waals surface area contributed by atoms with Crippen LogP contribution >= 0.6 is 0 Å². The quantitative estimate of drug-likeness (QED) is 0.791. The summed E-state index contributed by atoms with van der Waals surface area (Å²) >= 11 is 0. The third-order valence-electron chi connectivity index (χ3n) is 3.52. The van der Waals surface area contributed by atoms with Crippen molar-refractivity contribution in [1.82, 2.24) is 9.80 Å². The molecule has 104 valence electrons. The van der Waals surface area contributed by atoms with Crippen molar-refractivity contribution in [2.75, 3.05) is 20.1 Å². The Kier molecular flexibility index (Phi) is 5.44. The third kappa shape index (κ3) is 4.20. The van der Waals surface area contributed by atoms with E-state index < -0.39 is 5.97 Å². The van der Waals surface area contributed by atoms with Crippen molar-refractivity contribution >= 4 is 12.0 Å². The molecule has 0 aliphatic heterocycles. The van der Waals surface area contributed by atoms with Crippen molar-refractivity contribution < 1.29 is 14.7 Å². The van der Waals surface area contributed by atoms with Crippen LogP contribution in [0.15, 0.2) is 0 Å². The average molecular weight is 256 g/mol. The topological polar surface area (TPSA) is 60.9 Å². The molecule has 1 rings (SSSR count). The summed E-state index contributed by atoms with van der Waals surface area (Å²) in [5.41, 5.74) is 0. The molecule has 2 amide bonds. The van der Waals surface area contributed by atoms with Crippen LogP contribution in [0.4, 0.5) is 4.79 Å². The van der Waals surface area contributed by atoms with Crippen LogP contribution in [0.25, 0.3) is 0 Å². The average Bonchev–Trinajstić information content (AvgIpc) is 2.22. The summed E-state index contributed by atoms with van der Waals surface area (Å²) < 4.78 is 0. The summed E-state index contributed by atoms with van der Waals surface area (Å²) in [6, 6.07) is -0.0289. The highest BCUT2D eigenvalue weighted by Crippen LogP contribution is 2.27. The summed E-state index contributed by atoms with van der Waals surface area (Å²) in [6.07, 6.45) is 3.67. The van der Waals surface area contributed by atoms with E-state index in [9.17, 15) is 9.59 Å². The summed E-state index contributed by atoms with van der Waals surface area (Å²) in [5, 5.41) is 8.71. The lowest BCUT2D eigenvalue weighted by molar-refractivity contribution is -0.137. The van der Waals surface area contributed by atoms with Crippen molar-refractivity contribution in [3.05, 3.63) is 0 Å². The van der Waals surface area contributed by atoms with Crippen LogP contribution in [0.1, 0.15) is 39.5 Å². The van der Waals surface area contributed by atoms with Crippen molar-refractivity contribution in [1.29, 1.82) is 0 Å². The Bertz CT molecular complexity index is 301. The van der Waals surface area contributed by atoms with Crippen molar-refractivity contribution in [3.8, 4) is 0 Å². The maximum atomic E-state index is 12.2. The molecule has 0 saturated heterocycles. The summed E-state index contributed by atoms with van der Waals surface area (Å²) in [6.45, 7) is 4.89. The first kappa shape index (κ1) is 14.8. The molecule has 5 heteroatoms. The second-order valence-corrected chi connectivity index (χ2v) is 5.39. The molecule has 1 N–H and O–H groups in total. The second kappa shape index (κ2) is 6.61. The maximum Gasteiger partial charge on any atom is 0.319 e. The minimum atomic E-state index is -0.866. The summed E-state index contributed by atoms with van der Waals surface area (Å²) in [5.74, 6) is -0.234. The zero-order valence-electron chi connectivity index (χ0n) is 11.6. The Morgan fingerprint density at radius 2 is 1.94 bits per heavy atom. The number of aliphatic carboxylic acids is 1. The highest BCUT2D eigenvalue weighted by molar-refractivity contribution is 5.75. The molecule has 1 aliphatic rings. The normalized spacial score (nSPS) is 15.3. The highest BCUT2D eigenvalue weighted by atomic mass is 16.4. The van der Waals surface area contributed by atoms with Gasteiger partial charge in [-0.3, -0.25) is 4.79 Å². The first-order valence-electron chi connectivity index (χ1n) is 6.65. The molecule has 5 nitrogen and oxygen atoms in total. The molecule has 0 bridgehead atoms. The Balaban J connectivity index is 2.48. The van der Waals surface area contributed by atoms with Crippen molar-refractivity contribution in [2.24, 2.45) is 5.92 Å². The van der Waals surface area contributed by atoms with E-state index in [0.29, 0.717) is 5.92 Å². The first-order chi connectivity index (χ1) is 8.41. The zero-order chi connectivity index (χ0) is 13.7. The van der Waals surface area contributed by atoms with Gasteiger partial charge in [0.15, 0.2) is 0 Å². The van der Waals surface area contributed by atoms with Gasteiger partial charge in [-0.05, 0) is 32.6 Å². The van der Waals surface area contributed by atoms with E-state index in [1.807, 2.05) is 13.8 Å². The highest BCUT2D eigenvalue weighted by Gasteiger charge is 2.25. The molecular formula is C13H24N2O3. The van der Waals surface area contributed by atoms with Gasteiger partial charge < -0.3 is 14.9 Å². The number of carboxylic acids is 1. The number of hydrogen-bond donors (Lipinski definition) is 1. The minimum Gasteiger partial charge on any atom is -0.481 e. The molecular weight excluding hydrogens is 232 g/mol. The van der Waals surface area contributed by atoms with Crippen molar-refractivity contribution in [2.45, 2.75) is 45.6 Å². The lowest BCUT2D eigenvalue weighted by atomic mass is 9.85. The van der Waals surface area contributed by atoms with Crippen LogP contribution in [-0.4, -0.2) is 53.1 Å². The maximum absolute atomic E-state index is 12.2. The van der Waals surface area contributed by atoms with Gasteiger partial charge in [0.05, 0.1) is 6.42 Å². The summed E-state index contributed by atoms with van der Waals surface area (Å²) in [7, 11) is 1.80. The number of carboxylic acid groups (broad SMARTS) is 1. The predicted octanol–water partition coefficient (Wildman–Crippen LogP) is 2.02. The molecule has 1 saturated carbocycles. The lowest BCUT2D eigenvalue weighted by Gasteiger charge is -2.35. The molecule has 18 heavy (non-hydrogen) atoms. The number of rotatable bonds is 6. The van der Waals surface area contributed by atoms with Gasteiger partial charge in [-0.1, -0.05) is 6.42 Å². The van der Waals surface area contributed by atoms with Crippen LogP contribution in [0.3, 0.4) is 0 Å². The Hall–Kier alpha value is -1.26. The van der Waals surface area contributed by atoms with Crippen LogP contribution in [0.2, 0.25) is 0 Å². The van der Waals surface area contributed by atoms with E-state index in [4.69, 9.17) is 5.11 Å². The fourth-order valence-electron chi connectivity index (χ4n) is 2.15. The molecule has 0 heterocycles. The van der Waals surface area contributed by atoms with E-state index >= 15 is 0 Å². The number of carbonyl (C=O) groups is 2. The van der Waals surface area contributed by atoms with Gasteiger partial charge >= 0.3 is 12.0 Å². The Morgan fingerprint density at radius 1 is 1.33 bits per heavy atom. The molecule has 0 radical (unpaired) electrons. The molecule has 0 spiro atoms. The number of amides is 2. The fraction of sp³-hybridized carbons (Fsp3) is 0.846. The largest absolute Gasteiger partial charge is 0.481 e. The fourth-order valence-corrected chi connectivity index (χ4v) is 2.15. The van der Waals surface area contributed by atoms with Gasteiger partial charge in [-0.15, -0.1) is 0 Å². The van der Waals surface area contributed by atoms with E-state index in [-0.39, 0.29) is 25.0 Å². The monoisotopic (exact) mass is 256 g/mol. The van der Waals surface area contributed by atoms with Gasteiger partial charge in [0, 0.05) is 26.2 Å². The second-order valence-electron chi connectivity index (χ2n) is 5.39. The number of hydrogen-bond acceptors (Lipinski definition) is 2. The predicted molar refractivity (Wildman–Crippen MR) is 69.5 cm³/mol. The minimum absolute atomic E-state index is 0.00118. The lowest BCUT2D eigenvalue weighted by Crippen LogP contribution is -2.47. The Morgan fingerprint density at radius 3 is 2.33 bits per heavy atom. The van der Waals surface area contributed by atoms with Gasteiger partial charge in [0.25, 0.3) is 0 Å². The summed E-state index contributed by atoms with van der Waals surface area (Å²) in [4.78, 5) is 26.2. The molecule has 1 fully saturated rings. The van der Waals surface area contributed by atoms with Crippen molar-refractivity contribution in [3.63, 3.8) is 0 Å². The zero-order valence-corrected chi connectivity index (χ0v) is 11.6. The molecule has 0 unspecified atom stereocenters. The third-order valence-corrected chi connectivity index (χ3v) is 3.52. The molecule has 0 aromatic carbocycles. The molecule has 0 aromatic heterocycles. The van der Waals surface area contributed by atoms with Gasteiger partial charge in [-0.2, -0.15) is 0 Å². The van der Waals surface area contributed by atoms with Gasteiger partial charge in [0.2, 0.25) is 0 Å². The first-order valence-corrected chi connectivity index (χ1v) is 6.65. The van der Waals surface area contributed by atoms with E-state index in [0.717, 1.165) is 6.54 Å². The standard InChI is InChI=1S/C13H24N2O3/c1-10(2)15(8-7-12(16)17)13(18)14(3)9-11-5-4-6-11/h10-11H,4-9H2,1-3H3,(H,16,17). The van der Waals surface area contributed by atoms with Crippen LogP contribution in [0, 0.1) is 5.92 Å².